The van der Waals surface area contributed by atoms with Crippen molar-refractivity contribution in [3.8, 4) is 0 Å². The van der Waals surface area contributed by atoms with E-state index in [0.717, 1.165) is 10.2 Å². The monoisotopic (exact) mass is 402 g/mol. The first kappa shape index (κ1) is 14.4. The van der Waals surface area contributed by atoms with Crippen LogP contribution in [-0.2, 0) is 0 Å². The van der Waals surface area contributed by atoms with Crippen molar-refractivity contribution in [3.05, 3.63) is 56.7 Å². The molecule has 2 nitrogen and oxygen atoms in total. The number of halogens is 3. The minimum atomic E-state index is -0.423. The van der Waals surface area contributed by atoms with E-state index in [1.54, 1.807) is 12.1 Å². The van der Waals surface area contributed by atoms with Gasteiger partial charge in [-0.05, 0) is 52.3 Å². The van der Waals surface area contributed by atoms with Crippen molar-refractivity contribution in [1.29, 1.82) is 0 Å². The summed E-state index contributed by atoms with van der Waals surface area (Å²) in [5.41, 5.74) is 7.14. The highest BCUT2D eigenvalue weighted by Crippen LogP contribution is 2.29. The molecule has 0 amide bonds. The number of anilines is 2. The Hall–Kier alpha value is -0.980. The molecule has 2 aromatic carbocycles. The largest absolute Gasteiger partial charge is 0.389 e. The Balaban J connectivity index is 2.34. The Bertz CT molecular complexity index is 629. The normalized spacial score (nSPS) is 10.3. The lowest BCUT2D eigenvalue weighted by atomic mass is 10.2. The lowest BCUT2D eigenvalue weighted by Gasteiger charge is -2.11. The third-order valence-electron chi connectivity index (χ3n) is 2.47. The van der Waals surface area contributed by atoms with Crippen LogP contribution in [-0.4, -0.2) is 4.99 Å². The van der Waals surface area contributed by atoms with Gasteiger partial charge in [0.2, 0.25) is 0 Å². The number of nitrogens with two attached hydrogens (primary N) is 1. The third-order valence-corrected chi connectivity index (χ3v) is 3.99. The fourth-order valence-electron chi connectivity index (χ4n) is 1.53. The molecule has 0 aliphatic rings. The Labute approximate surface area is 132 Å². The van der Waals surface area contributed by atoms with Crippen LogP contribution in [0.1, 0.15) is 5.56 Å². The topological polar surface area (TPSA) is 38.0 Å². The Morgan fingerprint density at radius 1 is 1.11 bits per heavy atom. The fourth-order valence-corrected chi connectivity index (χ4v) is 2.65. The molecule has 2 rings (SSSR count). The van der Waals surface area contributed by atoms with Crippen molar-refractivity contribution >= 4 is 60.4 Å². The first-order chi connectivity index (χ1) is 8.99. The van der Waals surface area contributed by atoms with Gasteiger partial charge in [-0.3, -0.25) is 0 Å². The molecule has 0 aromatic heterocycles. The summed E-state index contributed by atoms with van der Waals surface area (Å²) >= 11 is 11.4. The lowest BCUT2D eigenvalue weighted by Crippen LogP contribution is -2.11. The van der Waals surface area contributed by atoms with Crippen molar-refractivity contribution in [1.82, 2.24) is 0 Å². The average molecular weight is 404 g/mol. The van der Waals surface area contributed by atoms with Crippen LogP contribution in [0, 0.1) is 5.82 Å². The molecule has 0 unspecified atom stereocenters. The molecule has 0 saturated carbocycles. The van der Waals surface area contributed by atoms with E-state index in [2.05, 4.69) is 37.2 Å². The summed E-state index contributed by atoms with van der Waals surface area (Å²) in [7, 11) is 0. The van der Waals surface area contributed by atoms with Crippen molar-refractivity contribution in [3.63, 3.8) is 0 Å². The highest BCUT2D eigenvalue weighted by atomic mass is 79.9. The van der Waals surface area contributed by atoms with Gasteiger partial charge in [-0.15, -0.1) is 0 Å². The molecule has 0 atom stereocenters. The summed E-state index contributed by atoms with van der Waals surface area (Å²) in [5.74, 6) is -0.423. The Morgan fingerprint density at radius 3 is 2.32 bits per heavy atom. The zero-order valence-corrected chi connectivity index (χ0v) is 13.6. The second-order valence-electron chi connectivity index (χ2n) is 3.78. The minimum absolute atomic E-state index is 0.154. The average Bonchev–Trinajstić information content (AvgIpc) is 2.37. The molecule has 2 aromatic rings. The number of benzene rings is 2. The Morgan fingerprint density at radius 2 is 1.74 bits per heavy atom. The SMILES string of the molecule is NC(=S)c1ccc(Nc2ccc(Br)cc2)c(F)c1Br. The maximum absolute atomic E-state index is 14.2. The van der Waals surface area contributed by atoms with E-state index in [-0.39, 0.29) is 9.46 Å². The number of nitrogens with one attached hydrogen (secondary N) is 1. The second kappa shape index (κ2) is 5.98. The maximum atomic E-state index is 14.2. The molecule has 6 heteroatoms. The van der Waals surface area contributed by atoms with Gasteiger partial charge < -0.3 is 11.1 Å². The second-order valence-corrected chi connectivity index (χ2v) is 5.93. The van der Waals surface area contributed by atoms with E-state index in [4.69, 9.17) is 18.0 Å². The van der Waals surface area contributed by atoms with Crippen LogP contribution in [0.25, 0.3) is 0 Å². The third kappa shape index (κ3) is 3.32. The summed E-state index contributed by atoms with van der Waals surface area (Å²) < 4.78 is 15.4. The highest BCUT2D eigenvalue weighted by Gasteiger charge is 2.12. The summed E-state index contributed by atoms with van der Waals surface area (Å²) in [5, 5.41) is 3.00. The number of thiocarbonyl (C=S) groups is 1. The lowest BCUT2D eigenvalue weighted by molar-refractivity contribution is 0.625. The summed E-state index contributed by atoms with van der Waals surface area (Å²) in [6, 6.07) is 10.7. The van der Waals surface area contributed by atoms with E-state index in [9.17, 15) is 4.39 Å². The molecule has 0 fully saturated rings. The molecule has 0 radical (unpaired) electrons. The predicted molar refractivity (Wildman–Crippen MR) is 87.4 cm³/mol. The van der Waals surface area contributed by atoms with Gasteiger partial charge in [0.1, 0.15) is 4.99 Å². The molecular weight excluding hydrogens is 395 g/mol. The van der Waals surface area contributed by atoms with Gasteiger partial charge in [-0.1, -0.05) is 28.1 Å². The molecule has 0 spiro atoms. The Kier molecular flexibility index (Phi) is 4.54. The van der Waals surface area contributed by atoms with Crippen LogP contribution in [0.3, 0.4) is 0 Å². The van der Waals surface area contributed by atoms with E-state index < -0.39 is 5.82 Å². The van der Waals surface area contributed by atoms with Gasteiger partial charge in [-0.25, -0.2) is 4.39 Å². The minimum Gasteiger partial charge on any atom is -0.389 e. The quantitative estimate of drug-likeness (QED) is 0.727. The number of hydrogen-bond acceptors (Lipinski definition) is 2. The molecule has 0 heterocycles. The summed E-state index contributed by atoms with van der Waals surface area (Å²) in [4.78, 5) is 0.154. The van der Waals surface area contributed by atoms with Crippen molar-refractivity contribution < 1.29 is 4.39 Å². The van der Waals surface area contributed by atoms with Gasteiger partial charge in [0.25, 0.3) is 0 Å². The van der Waals surface area contributed by atoms with E-state index in [0.29, 0.717) is 11.3 Å². The van der Waals surface area contributed by atoms with E-state index in [1.807, 2.05) is 24.3 Å². The molecule has 0 aliphatic heterocycles. The molecule has 0 bridgehead atoms. The van der Waals surface area contributed by atoms with Crippen molar-refractivity contribution in [2.45, 2.75) is 0 Å². The van der Waals surface area contributed by atoms with Crippen LogP contribution in [0.5, 0.6) is 0 Å². The standard InChI is InChI=1S/C13H9Br2FN2S/c14-7-1-3-8(4-2-7)18-10-6-5-9(13(17)19)11(15)12(10)16/h1-6,18H,(H2,17,19). The van der Waals surface area contributed by atoms with E-state index in [1.165, 1.54) is 0 Å². The van der Waals surface area contributed by atoms with Crippen molar-refractivity contribution in [2.75, 3.05) is 5.32 Å². The molecule has 0 aliphatic carbocycles. The zero-order chi connectivity index (χ0) is 14.0. The molecule has 3 N–H and O–H groups in total. The van der Waals surface area contributed by atoms with Crippen LogP contribution in [0.15, 0.2) is 45.3 Å². The van der Waals surface area contributed by atoms with Gasteiger partial charge in [0.05, 0.1) is 10.2 Å². The predicted octanol–water partition coefficient (Wildman–Crippen LogP) is 4.73. The van der Waals surface area contributed by atoms with Crippen LogP contribution >= 0.6 is 44.1 Å². The van der Waals surface area contributed by atoms with Crippen LogP contribution < -0.4 is 11.1 Å². The van der Waals surface area contributed by atoms with Gasteiger partial charge >= 0.3 is 0 Å². The highest BCUT2D eigenvalue weighted by molar-refractivity contribution is 9.10. The smallest absolute Gasteiger partial charge is 0.161 e. The maximum Gasteiger partial charge on any atom is 0.161 e. The molecular formula is C13H9Br2FN2S. The summed E-state index contributed by atoms with van der Waals surface area (Å²) in [6.45, 7) is 0. The van der Waals surface area contributed by atoms with Gasteiger partial charge in [0, 0.05) is 15.7 Å². The molecule has 19 heavy (non-hydrogen) atoms. The molecule has 0 saturated heterocycles. The zero-order valence-electron chi connectivity index (χ0n) is 9.58. The first-order valence-corrected chi connectivity index (χ1v) is 7.29. The van der Waals surface area contributed by atoms with Crippen molar-refractivity contribution in [2.24, 2.45) is 5.73 Å². The van der Waals surface area contributed by atoms with Crippen LogP contribution in [0.4, 0.5) is 15.8 Å². The van der Waals surface area contributed by atoms with E-state index >= 15 is 0 Å². The first-order valence-electron chi connectivity index (χ1n) is 5.29. The van der Waals surface area contributed by atoms with Gasteiger partial charge in [0.15, 0.2) is 5.82 Å². The molecule has 98 valence electrons. The van der Waals surface area contributed by atoms with Gasteiger partial charge in [-0.2, -0.15) is 0 Å². The fraction of sp³-hybridized carbons (Fsp3) is 0. The number of hydrogen-bond donors (Lipinski definition) is 2. The summed E-state index contributed by atoms with van der Waals surface area (Å²) in [6.07, 6.45) is 0. The number of rotatable bonds is 3. The van der Waals surface area contributed by atoms with Crippen LogP contribution in [0.2, 0.25) is 0 Å².